The van der Waals surface area contributed by atoms with Crippen molar-refractivity contribution in [1.29, 1.82) is 5.41 Å². The molecule has 1 aromatic rings. The summed E-state index contributed by atoms with van der Waals surface area (Å²) in [5, 5.41) is 7.34. The maximum absolute atomic E-state index is 7.34. The summed E-state index contributed by atoms with van der Waals surface area (Å²) < 4.78 is 0. The van der Waals surface area contributed by atoms with Gasteiger partial charge in [-0.2, -0.15) is 0 Å². The van der Waals surface area contributed by atoms with E-state index < -0.39 is 0 Å². The number of nitrogens with one attached hydrogen (secondary N) is 1. The molecule has 0 aliphatic rings. The molecule has 3 N–H and O–H groups in total. The van der Waals surface area contributed by atoms with E-state index in [9.17, 15) is 0 Å². The number of nitrogen functional groups attached to an aromatic ring is 1. The molecule has 0 heterocycles. The number of nitrogens with two attached hydrogens (primary N) is 1. The molecule has 0 unspecified atom stereocenters. The molecule has 0 bridgehead atoms. The second-order valence-electron chi connectivity index (χ2n) is 3.61. The Labute approximate surface area is 95.9 Å². The number of unbranched alkanes of at least 4 members (excludes halogenated alkanes) is 2. The van der Waals surface area contributed by atoms with E-state index in [0.717, 1.165) is 37.1 Å². The molecule has 0 saturated heterocycles. The fraction of sp³-hybridized carbons (Fsp3) is 0.417. The van der Waals surface area contributed by atoms with Crippen LogP contribution in [-0.4, -0.2) is 11.7 Å². The van der Waals surface area contributed by atoms with Crippen LogP contribution in [0.5, 0.6) is 0 Å². The number of rotatable bonds is 6. The summed E-state index contributed by atoms with van der Waals surface area (Å²) in [6.45, 7) is 0. The van der Waals surface area contributed by atoms with Crippen LogP contribution in [0.3, 0.4) is 0 Å². The Hall–Kier alpha value is -1.02. The summed E-state index contributed by atoms with van der Waals surface area (Å²) >= 11 is 5.61. The van der Waals surface area contributed by atoms with E-state index in [0.29, 0.717) is 0 Å². The molecule has 0 aromatic heterocycles. The number of halogens is 1. The van der Waals surface area contributed by atoms with Crippen molar-refractivity contribution < 1.29 is 0 Å². The molecule has 0 fully saturated rings. The number of aryl methyl sites for hydroxylation is 1. The van der Waals surface area contributed by atoms with Crippen LogP contribution < -0.4 is 5.73 Å². The van der Waals surface area contributed by atoms with Crippen LogP contribution in [0.15, 0.2) is 24.3 Å². The third-order valence-corrected chi connectivity index (χ3v) is 2.60. The summed E-state index contributed by atoms with van der Waals surface area (Å²) in [5.41, 5.74) is 7.48. The Morgan fingerprint density at radius 1 is 1.27 bits per heavy atom. The Kier molecular flexibility index (Phi) is 5.19. The van der Waals surface area contributed by atoms with Crippen molar-refractivity contribution in [3.05, 3.63) is 35.4 Å². The van der Waals surface area contributed by atoms with Crippen LogP contribution in [0.4, 0.5) is 0 Å². The zero-order valence-corrected chi connectivity index (χ0v) is 9.56. The highest BCUT2D eigenvalue weighted by molar-refractivity contribution is 6.17. The van der Waals surface area contributed by atoms with Crippen LogP contribution in [-0.2, 0) is 6.42 Å². The van der Waals surface area contributed by atoms with E-state index in [2.05, 4.69) is 6.07 Å². The highest BCUT2D eigenvalue weighted by atomic mass is 35.5. The number of hydrogen-bond acceptors (Lipinski definition) is 1. The highest BCUT2D eigenvalue weighted by Crippen LogP contribution is 2.09. The maximum atomic E-state index is 7.34. The lowest BCUT2D eigenvalue weighted by Crippen LogP contribution is -2.11. The molecule has 3 heteroatoms. The number of alkyl halides is 1. The van der Waals surface area contributed by atoms with Gasteiger partial charge in [-0.25, -0.2) is 0 Å². The Balaban J connectivity index is 2.47. The molecular weight excluding hydrogens is 208 g/mol. The van der Waals surface area contributed by atoms with Crippen LogP contribution in [0.1, 0.15) is 30.4 Å². The van der Waals surface area contributed by atoms with E-state index in [1.807, 2.05) is 18.2 Å². The van der Waals surface area contributed by atoms with Crippen LogP contribution in [0.25, 0.3) is 0 Å². The second-order valence-corrected chi connectivity index (χ2v) is 3.99. The minimum absolute atomic E-state index is 0.137. The van der Waals surface area contributed by atoms with Gasteiger partial charge in [-0.15, -0.1) is 11.6 Å². The minimum Gasteiger partial charge on any atom is -0.384 e. The SMILES string of the molecule is N=C(N)c1cccc(CCCCCCl)c1. The van der Waals surface area contributed by atoms with Crippen molar-refractivity contribution in [2.75, 3.05) is 5.88 Å². The zero-order valence-electron chi connectivity index (χ0n) is 8.80. The van der Waals surface area contributed by atoms with Gasteiger partial charge in [0.2, 0.25) is 0 Å². The smallest absolute Gasteiger partial charge is 0.122 e. The average Bonchev–Trinajstić information content (AvgIpc) is 2.25. The lowest BCUT2D eigenvalue weighted by atomic mass is 10.0. The van der Waals surface area contributed by atoms with Crippen LogP contribution >= 0.6 is 11.6 Å². The monoisotopic (exact) mass is 224 g/mol. The van der Waals surface area contributed by atoms with Crippen molar-refractivity contribution in [3.8, 4) is 0 Å². The fourth-order valence-electron chi connectivity index (χ4n) is 1.49. The van der Waals surface area contributed by atoms with Gasteiger partial charge in [-0.1, -0.05) is 24.6 Å². The molecule has 0 atom stereocenters. The molecule has 15 heavy (non-hydrogen) atoms. The van der Waals surface area contributed by atoms with E-state index >= 15 is 0 Å². The lowest BCUT2D eigenvalue weighted by molar-refractivity contribution is 0.720. The van der Waals surface area contributed by atoms with Crippen molar-refractivity contribution in [1.82, 2.24) is 0 Å². The van der Waals surface area contributed by atoms with Gasteiger partial charge in [-0.05, 0) is 30.9 Å². The summed E-state index contributed by atoms with van der Waals surface area (Å²) in [4.78, 5) is 0. The van der Waals surface area contributed by atoms with Crippen molar-refractivity contribution in [2.24, 2.45) is 5.73 Å². The maximum Gasteiger partial charge on any atom is 0.122 e. The number of hydrogen-bond donors (Lipinski definition) is 2. The molecular formula is C12H17ClN2. The van der Waals surface area contributed by atoms with E-state index in [1.165, 1.54) is 5.56 Å². The molecule has 0 saturated carbocycles. The lowest BCUT2D eigenvalue weighted by Gasteiger charge is -2.03. The molecule has 82 valence electrons. The summed E-state index contributed by atoms with van der Waals surface area (Å²) in [7, 11) is 0. The van der Waals surface area contributed by atoms with Crippen molar-refractivity contribution in [3.63, 3.8) is 0 Å². The third-order valence-electron chi connectivity index (χ3n) is 2.34. The Morgan fingerprint density at radius 3 is 2.73 bits per heavy atom. The zero-order chi connectivity index (χ0) is 11.1. The normalized spacial score (nSPS) is 10.2. The molecule has 0 amide bonds. The molecule has 1 rings (SSSR count). The molecule has 0 aliphatic heterocycles. The van der Waals surface area contributed by atoms with Crippen LogP contribution in [0.2, 0.25) is 0 Å². The first-order valence-corrected chi connectivity index (χ1v) is 5.77. The van der Waals surface area contributed by atoms with Gasteiger partial charge in [0.15, 0.2) is 0 Å². The molecule has 2 nitrogen and oxygen atoms in total. The summed E-state index contributed by atoms with van der Waals surface area (Å²) in [5.74, 6) is 0.880. The largest absolute Gasteiger partial charge is 0.384 e. The topological polar surface area (TPSA) is 49.9 Å². The van der Waals surface area contributed by atoms with E-state index in [-0.39, 0.29) is 5.84 Å². The molecule has 0 spiro atoms. The van der Waals surface area contributed by atoms with Gasteiger partial charge in [0, 0.05) is 11.4 Å². The van der Waals surface area contributed by atoms with Gasteiger partial charge in [0.1, 0.15) is 5.84 Å². The number of amidine groups is 1. The fourth-order valence-corrected chi connectivity index (χ4v) is 1.68. The predicted octanol–water partition coefficient (Wildman–Crippen LogP) is 2.92. The average molecular weight is 225 g/mol. The van der Waals surface area contributed by atoms with Gasteiger partial charge >= 0.3 is 0 Å². The van der Waals surface area contributed by atoms with E-state index in [4.69, 9.17) is 22.7 Å². The highest BCUT2D eigenvalue weighted by Gasteiger charge is 1.98. The quantitative estimate of drug-likeness (QED) is 0.332. The Bertz CT molecular complexity index is 323. The molecule has 0 aliphatic carbocycles. The molecule has 1 aromatic carbocycles. The number of benzene rings is 1. The first-order chi connectivity index (χ1) is 7.24. The van der Waals surface area contributed by atoms with Crippen LogP contribution in [0, 0.1) is 5.41 Å². The van der Waals surface area contributed by atoms with Crippen molar-refractivity contribution >= 4 is 17.4 Å². The minimum atomic E-state index is 0.137. The standard InChI is InChI=1S/C12H17ClN2/c13-8-3-1-2-5-10-6-4-7-11(9-10)12(14)15/h4,6-7,9H,1-3,5,8H2,(H3,14,15). The van der Waals surface area contributed by atoms with Gasteiger partial charge in [0.05, 0.1) is 0 Å². The summed E-state index contributed by atoms with van der Waals surface area (Å²) in [6.07, 6.45) is 4.42. The Morgan fingerprint density at radius 2 is 2.07 bits per heavy atom. The second kappa shape index (κ2) is 6.46. The first-order valence-electron chi connectivity index (χ1n) is 5.23. The van der Waals surface area contributed by atoms with E-state index in [1.54, 1.807) is 0 Å². The third kappa shape index (κ3) is 4.34. The molecule has 0 radical (unpaired) electrons. The summed E-state index contributed by atoms with van der Waals surface area (Å²) in [6, 6.07) is 7.88. The van der Waals surface area contributed by atoms with Gasteiger partial charge in [0.25, 0.3) is 0 Å². The first kappa shape index (κ1) is 12.1. The predicted molar refractivity (Wildman–Crippen MR) is 65.7 cm³/mol. The van der Waals surface area contributed by atoms with Gasteiger partial charge in [-0.3, -0.25) is 5.41 Å². The van der Waals surface area contributed by atoms with Gasteiger partial charge < -0.3 is 5.73 Å². The van der Waals surface area contributed by atoms with Crippen molar-refractivity contribution in [2.45, 2.75) is 25.7 Å².